The van der Waals surface area contributed by atoms with Crippen molar-refractivity contribution < 1.29 is 18.7 Å². The van der Waals surface area contributed by atoms with E-state index in [1.807, 2.05) is 6.07 Å². The quantitative estimate of drug-likeness (QED) is 0.325. The molecule has 0 aliphatic carbocycles. The van der Waals surface area contributed by atoms with Crippen molar-refractivity contribution in [3.05, 3.63) is 93.1 Å². The first kappa shape index (κ1) is 18.8. The Morgan fingerprint density at radius 3 is 2.79 bits per heavy atom. The number of ether oxygens (including phenoxy) is 2. The third kappa shape index (κ3) is 4.33. The van der Waals surface area contributed by atoms with Crippen LogP contribution in [0.5, 0.6) is 11.6 Å². The Labute approximate surface area is 173 Å². The number of halogens is 1. The molecule has 0 bridgehead atoms. The molecular formula is C21H13BrN2O5. The topological polar surface area (TPSA) is 91.5 Å². The number of rotatable bonds is 5. The molecular weight excluding hydrogens is 440 g/mol. The monoisotopic (exact) mass is 452 g/mol. The van der Waals surface area contributed by atoms with E-state index in [0.29, 0.717) is 22.3 Å². The van der Waals surface area contributed by atoms with E-state index in [1.54, 1.807) is 42.6 Å². The van der Waals surface area contributed by atoms with Gasteiger partial charge in [0.1, 0.15) is 23.5 Å². The van der Waals surface area contributed by atoms with Gasteiger partial charge in [0.15, 0.2) is 0 Å². The SMILES string of the molecule is O=C(OCc1cc(=O)oc2cc(Br)ccc12)c1cccnc1Oc1cccnc1. The van der Waals surface area contributed by atoms with Crippen molar-refractivity contribution in [2.24, 2.45) is 0 Å². The highest BCUT2D eigenvalue weighted by atomic mass is 79.9. The Kier molecular flexibility index (Phi) is 5.35. The summed E-state index contributed by atoms with van der Waals surface area (Å²) < 4.78 is 17.0. The van der Waals surface area contributed by atoms with Crippen LogP contribution in [0.1, 0.15) is 15.9 Å². The summed E-state index contributed by atoms with van der Waals surface area (Å²) in [5.74, 6) is -0.0835. The molecule has 4 rings (SSSR count). The summed E-state index contributed by atoms with van der Waals surface area (Å²) in [5.41, 5.74) is 0.575. The van der Waals surface area contributed by atoms with Gasteiger partial charge in [-0.3, -0.25) is 4.98 Å². The summed E-state index contributed by atoms with van der Waals surface area (Å²) in [6.45, 7) is -0.107. The number of fused-ring (bicyclic) bond motifs is 1. The number of pyridine rings is 2. The molecule has 7 nitrogen and oxygen atoms in total. The van der Waals surface area contributed by atoms with E-state index in [0.717, 1.165) is 4.47 Å². The Bertz CT molecular complexity index is 1240. The molecule has 0 aliphatic heterocycles. The van der Waals surface area contributed by atoms with Crippen LogP contribution in [0.4, 0.5) is 0 Å². The molecule has 0 saturated carbocycles. The minimum absolute atomic E-state index is 0.104. The third-order valence-electron chi connectivity index (χ3n) is 3.99. The van der Waals surface area contributed by atoms with E-state index in [9.17, 15) is 9.59 Å². The molecule has 29 heavy (non-hydrogen) atoms. The molecule has 0 amide bonds. The maximum Gasteiger partial charge on any atom is 0.344 e. The molecule has 0 atom stereocenters. The lowest BCUT2D eigenvalue weighted by atomic mass is 10.1. The van der Waals surface area contributed by atoms with E-state index in [-0.39, 0.29) is 18.1 Å². The second-order valence-electron chi connectivity index (χ2n) is 5.95. The van der Waals surface area contributed by atoms with Gasteiger partial charge in [0.05, 0.1) is 6.20 Å². The normalized spacial score (nSPS) is 10.7. The largest absolute Gasteiger partial charge is 0.457 e. The van der Waals surface area contributed by atoms with Crippen LogP contribution in [-0.2, 0) is 11.3 Å². The lowest BCUT2D eigenvalue weighted by Gasteiger charge is -2.10. The summed E-state index contributed by atoms with van der Waals surface area (Å²) in [7, 11) is 0. The standard InChI is InChI=1S/C21H13BrN2O5/c22-14-5-6-16-13(9-19(25)29-18(16)10-14)12-27-21(26)17-4-2-8-24-20(17)28-15-3-1-7-23-11-15/h1-11H,12H2. The van der Waals surface area contributed by atoms with Crippen molar-refractivity contribution in [2.45, 2.75) is 6.61 Å². The first-order valence-electron chi connectivity index (χ1n) is 8.52. The number of carbonyl (C=O) groups is 1. The van der Waals surface area contributed by atoms with E-state index in [2.05, 4.69) is 25.9 Å². The van der Waals surface area contributed by atoms with Crippen molar-refractivity contribution >= 4 is 32.9 Å². The lowest BCUT2D eigenvalue weighted by molar-refractivity contribution is 0.0470. The summed E-state index contributed by atoms with van der Waals surface area (Å²) in [5, 5.41) is 0.679. The molecule has 0 fully saturated rings. The molecule has 0 radical (unpaired) electrons. The first-order chi connectivity index (χ1) is 14.1. The molecule has 144 valence electrons. The van der Waals surface area contributed by atoms with Gasteiger partial charge in [-0.15, -0.1) is 0 Å². The van der Waals surface area contributed by atoms with Crippen LogP contribution in [0.15, 0.2) is 80.8 Å². The molecule has 3 heterocycles. The first-order valence-corrected chi connectivity index (χ1v) is 9.32. The third-order valence-corrected chi connectivity index (χ3v) is 4.48. The van der Waals surface area contributed by atoms with E-state index < -0.39 is 11.6 Å². The zero-order chi connectivity index (χ0) is 20.2. The highest BCUT2D eigenvalue weighted by Gasteiger charge is 2.17. The van der Waals surface area contributed by atoms with E-state index >= 15 is 0 Å². The summed E-state index contributed by atoms with van der Waals surface area (Å²) in [4.78, 5) is 32.5. The van der Waals surface area contributed by atoms with Crippen molar-refractivity contribution in [1.29, 1.82) is 0 Å². The van der Waals surface area contributed by atoms with E-state index in [1.165, 1.54) is 18.5 Å². The zero-order valence-electron chi connectivity index (χ0n) is 14.9. The van der Waals surface area contributed by atoms with Crippen LogP contribution in [0.25, 0.3) is 11.0 Å². The Balaban J connectivity index is 1.57. The minimum atomic E-state index is -0.629. The maximum atomic E-state index is 12.6. The number of carbonyl (C=O) groups excluding carboxylic acids is 1. The molecule has 8 heteroatoms. The second-order valence-corrected chi connectivity index (χ2v) is 6.87. The summed E-state index contributed by atoms with van der Waals surface area (Å²) in [6, 6.07) is 13.2. The molecule has 0 unspecified atom stereocenters. The Morgan fingerprint density at radius 2 is 1.97 bits per heavy atom. The smallest absolute Gasteiger partial charge is 0.344 e. The average Bonchev–Trinajstić information content (AvgIpc) is 2.72. The van der Waals surface area contributed by atoms with Crippen molar-refractivity contribution in [1.82, 2.24) is 9.97 Å². The van der Waals surface area contributed by atoms with Gasteiger partial charge in [-0.2, -0.15) is 0 Å². The lowest BCUT2D eigenvalue weighted by Crippen LogP contribution is -2.09. The number of esters is 1. The van der Waals surface area contributed by atoms with Gasteiger partial charge >= 0.3 is 11.6 Å². The van der Waals surface area contributed by atoms with Gasteiger partial charge in [-0.25, -0.2) is 14.6 Å². The Morgan fingerprint density at radius 1 is 1.10 bits per heavy atom. The van der Waals surface area contributed by atoms with Gasteiger partial charge in [-0.1, -0.05) is 15.9 Å². The highest BCUT2D eigenvalue weighted by molar-refractivity contribution is 9.10. The van der Waals surface area contributed by atoms with Crippen LogP contribution in [0, 0.1) is 0 Å². The number of benzene rings is 1. The maximum absolute atomic E-state index is 12.6. The van der Waals surface area contributed by atoms with Gasteiger partial charge in [0, 0.05) is 33.9 Å². The summed E-state index contributed by atoms with van der Waals surface area (Å²) in [6.07, 6.45) is 4.63. The van der Waals surface area contributed by atoms with Crippen LogP contribution in [-0.4, -0.2) is 15.9 Å². The van der Waals surface area contributed by atoms with Crippen LogP contribution >= 0.6 is 15.9 Å². The fourth-order valence-electron chi connectivity index (χ4n) is 2.69. The number of aromatic nitrogens is 2. The summed E-state index contributed by atoms with van der Waals surface area (Å²) >= 11 is 3.34. The number of hydrogen-bond donors (Lipinski definition) is 0. The van der Waals surface area contributed by atoms with Crippen LogP contribution in [0.3, 0.4) is 0 Å². The highest BCUT2D eigenvalue weighted by Crippen LogP contribution is 2.25. The zero-order valence-corrected chi connectivity index (χ0v) is 16.5. The fraction of sp³-hybridized carbons (Fsp3) is 0.0476. The van der Waals surface area contributed by atoms with Crippen LogP contribution < -0.4 is 10.4 Å². The molecule has 0 aliphatic rings. The fourth-order valence-corrected chi connectivity index (χ4v) is 3.03. The number of nitrogens with zero attached hydrogens (tertiary/aromatic N) is 2. The predicted octanol–water partition coefficient (Wildman–Crippen LogP) is 4.49. The second kappa shape index (κ2) is 8.24. The molecule has 0 spiro atoms. The van der Waals surface area contributed by atoms with E-state index in [4.69, 9.17) is 13.9 Å². The van der Waals surface area contributed by atoms with Gasteiger partial charge in [0.2, 0.25) is 5.88 Å². The molecule has 4 aromatic rings. The van der Waals surface area contributed by atoms with Crippen molar-refractivity contribution in [2.75, 3.05) is 0 Å². The van der Waals surface area contributed by atoms with Gasteiger partial charge in [0.25, 0.3) is 0 Å². The average molecular weight is 453 g/mol. The van der Waals surface area contributed by atoms with Gasteiger partial charge < -0.3 is 13.9 Å². The predicted molar refractivity (Wildman–Crippen MR) is 108 cm³/mol. The van der Waals surface area contributed by atoms with Gasteiger partial charge in [-0.05, 0) is 42.5 Å². The van der Waals surface area contributed by atoms with Crippen molar-refractivity contribution in [3.8, 4) is 11.6 Å². The van der Waals surface area contributed by atoms with Crippen molar-refractivity contribution in [3.63, 3.8) is 0 Å². The Hall–Kier alpha value is -3.52. The van der Waals surface area contributed by atoms with Crippen LogP contribution in [0.2, 0.25) is 0 Å². The molecule has 3 aromatic heterocycles. The molecule has 1 aromatic carbocycles. The minimum Gasteiger partial charge on any atom is -0.457 e. The molecule has 0 N–H and O–H groups in total. The number of hydrogen-bond acceptors (Lipinski definition) is 7. The molecule has 0 saturated heterocycles.